The Morgan fingerprint density at radius 2 is 1.82 bits per heavy atom. The molecule has 0 radical (unpaired) electrons. The molecule has 3 aromatic rings. The van der Waals surface area contributed by atoms with E-state index >= 15 is 0 Å². The van der Waals surface area contributed by atoms with E-state index < -0.39 is 4.92 Å². The van der Waals surface area contributed by atoms with Gasteiger partial charge in [-0.25, -0.2) is 0 Å². The molecule has 0 N–H and O–H groups in total. The van der Waals surface area contributed by atoms with E-state index in [1.165, 1.54) is 12.1 Å². The summed E-state index contributed by atoms with van der Waals surface area (Å²) in [7, 11) is 0. The molecule has 0 saturated carbocycles. The third kappa shape index (κ3) is 5.04. The number of hydrogen-bond donors (Lipinski definition) is 0. The lowest BCUT2D eigenvalue weighted by atomic mass is 10.1. The zero-order valence-electron chi connectivity index (χ0n) is 15.6. The fourth-order valence-electron chi connectivity index (χ4n) is 2.62. The maximum atomic E-state index is 10.8. The minimum Gasteiger partial charge on any atom is -0.488 e. The largest absolute Gasteiger partial charge is 0.488 e. The van der Waals surface area contributed by atoms with Gasteiger partial charge < -0.3 is 4.74 Å². The monoisotopic (exact) mass is 438 g/mol. The van der Waals surface area contributed by atoms with E-state index in [0.29, 0.717) is 12.4 Å². The average molecular weight is 439 g/mol. The van der Waals surface area contributed by atoms with Gasteiger partial charge in [0.05, 0.1) is 10.6 Å². The van der Waals surface area contributed by atoms with E-state index in [1.807, 2.05) is 38.1 Å². The number of rotatable bonds is 6. The summed E-state index contributed by atoms with van der Waals surface area (Å²) in [4.78, 5) is 15.0. The van der Waals surface area contributed by atoms with Crippen molar-refractivity contribution >= 4 is 33.5 Å². The predicted octanol–water partition coefficient (Wildman–Crippen LogP) is 6.30. The summed E-state index contributed by atoms with van der Waals surface area (Å²) < 4.78 is 6.87. The lowest BCUT2D eigenvalue weighted by Crippen LogP contribution is -1.99. The summed E-state index contributed by atoms with van der Waals surface area (Å²) in [5, 5.41) is 10.8. The first-order valence-corrected chi connectivity index (χ1v) is 9.49. The molecule has 0 unspecified atom stereocenters. The lowest BCUT2D eigenvalue weighted by Gasteiger charge is -2.10. The number of hydrogen-bond acceptors (Lipinski definition) is 4. The van der Waals surface area contributed by atoms with Crippen LogP contribution in [-0.2, 0) is 6.61 Å². The van der Waals surface area contributed by atoms with E-state index in [0.717, 1.165) is 32.4 Å². The Balaban J connectivity index is 1.79. The number of ether oxygens (including phenoxy) is 1. The van der Waals surface area contributed by atoms with E-state index in [4.69, 9.17) is 4.74 Å². The number of non-ortho nitro benzene ring substituents is 1. The minimum atomic E-state index is -0.415. The highest BCUT2D eigenvalue weighted by Gasteiger charge is 2.07. The zero-order valence-corrected chi connectivity index (χ0v) is 17.1. The Hall–Kier alpha value is -2.99. The van der Waals surface area contributed by atoms with E-state index in [9.17, 15) is 10.1 Å². The van der Waals surface area contributed by atoms with Gasteiger partial charge in [-0.15, -0.1) is 0 Å². The molecule has 0 atom stereocenters. The van der Waals surface area contributed by atoms with Crippen LogP contribution in [0.1, 0.15) is 22.3 Å². The van der Waals surface area contributed by atoms with Gasteiger partial charge in [0.15, 0.2) is 0 Å². The third-order valence-corrected chi connectivity index (χ3v) is 4.71. The van der Waals surface area contributed by atoms with E-state index in [-0.39, 0.29) is 5.69 Å². The van der Waals surface area contributed by atoms with Crippen LogP contribution in [0.15, 0.2) is 70.1 Å². The molecular formula is C22H19BrN2O3. The molecule has 5 nitrogen and oxygen atoms in total. The summed E-state index contributed by atoms with van der Waals surface area (Å²) in [6, 6.07) is 18.2. The van der Waals surface area contributed by atoms with Crippen LogP contribution in [0.25, 0.3) is 0 Å². The van der Waals surface area contributed by atoms with Gasteiger partial charge in [0.2, 0.25) is 0 Å². The van der Waals surface area contributed by atoms with Gasteiger partial charge in [0.1, 0.15) is 12.4 Å². The minimum absolute atomic E-state index is 0.0636. The number of nitro benzene ring substituents is 1. The molecule has 0 aliphatic carbocycles. The van der Waals surface area contributed by atoms with Crippen LogP contribution in [0.4, 0.5) is 11.4 Å². The van der Waals surface area contributed by atoms with Crippen molar-refractivity contribution in [3.05, 3.63) is 97.5 Å². The summed E-state index contributed by atoms with van der Waals surface area (Å²) in [5.41, 5.74) is 4.94. The van der Waals surface area contributed by atoms with Crippen LogP contribution in [0.2, 0.25) is 0 Å². The van der Waals surface area contributed by atoms with Crippen molar-refractivity contribution in [3.8, 4) is 5.75 Å². The summed E-state index contributed by atoms with van der Waals surface area (Å²) >= 11 is 3.49. The molecule has 3 aromatic carbocycles. The van der Waals surface area contributed by atoms with Crippen LogP contribution >= 0.6 is 15.9 Å². The Morgan fingerprint density at radius 3 is 2.54 bits per heavy atom. The van der Waals surface area contributed by atoms with E-state index in [1.54, 1.807) is 18.3 Å². The van der Waals surface area contributed by atoms with Gasteiger partial charge >= 0.3 is 0 Å². The molecule has 0 saturated heterocycles. The molecule has 0 fully saturated rings. The van der Waals surface area contributed by atoms with Crippen molar-refractivity contribution in [3.63, 3.8) is 0 Å². The topological polar surface area (TPSA) is 64.7 Å². The molecule has 0 amide bonds. The Morgan fingerprint density at radius 1 is 1.07 bits per heavy atom. The van der Waals surface area contributed by atoms with Crippen LogP contribution in [0.3, 0.4) is 0 Å². The van der Waals surface area contributed by atoms with Crippen LogP contribution in [0, 0.1) is 24.0 Å². The van der Waals surface area contributed by atoms with Gasteiger partial charge in [-0.3, -0.25) is 15.1 Å². The van der Waals surface area contributed by atoms with Crippen LogP contribution in [0.5, 0.6) is 5.75 Å². The highest BCUT2D eigenvalue weighted by atomic mass is 79.9. The third-order valence-electron chi connectivity index (χ3n) is 4.22. The Labute approximate surface area is 172 Å². The second-order valence-corrected chi connectivity index (χ2v) is 7.36. The Bertz CT molecular complexity index is 1030. The zero-order chi connectivity index (χ0) is 20.1. The number of benzene rings is 3. The molecule has 0 spiro atoms. The molecule has 0 aromatic heterocycles. The van der Waals surface area contributed by atoms with Crippen molar-refractivity contribution in [1.29, 1.82) is 0 Å². The van der Waals surface area contributed by atoms with Crippen LogP contribution in [-0.4, -0.2) is 11.1 Å². The van der Waals surface area contributed by atoms with Gasteiger partial charge in [-0.05, 0) is 66.9 Å². The fourth-order valence-corrected chi connectivity index (χ4v) is 3.00. The van der Waals surface area contributed by atoms with Crippen molar-refractivity contribution in [2.75, 3.05) is 0 Å². The second kappa shape index (κ2) is 8.80. The van der Waals surface area contributed by atoms with Crippen molar-refractivity contribution in [2.45, 2.75) is 20.5 Å². The van der Waals surface area contributed by atoms with Gasteiger partial charge in [0, 0.05) is 28.4 Å². The standard InChI is InChI=1S/C22H19BrN2O3/c1-15-3-4-16(2)21(11-15)24-13-18-12-19(23)7-10-22(18)28-14-17-5-8-20(9-6-17)25(26)27/h3-13H,14H2,1-2H3. The van der Waals surface area contributed by atoms with Gasteiger partial charge in [0.25, 0.3) is 5.69 Å². The summed E-state index contributed by atoms with van der Waals surface area (Å²) in [6.07, 6.45) is 1.79. The summed E-state index contributed by atoms with van der Waals surface area (Å²) in [6.45, 7) is 4.37. The first kappa shape index (κ1) is 19.8. The highest BCUT2D eigenvalue weighted by molar-refractivity contribution is 9.10. The molecule has 0 heterocycles. The number of nitrogens with zero attached hydrogens (tertiary/aromatic N) is 2. The number of halogens is 1. The first-order valence-electron chi connectivity index (χ1n) is 8.69. The smallest absolute Gasteiger partial charge is 0.269 e. The lowest BCUT2D eigenvalue weighted by molar-refractivity contribution is -0.384. The second-order valence-electron chi connectivity index (χ2n) is 6.44. The first-order chi connectivity index (χ1) is 13.4. The maximum Gasteiger partial charge on any atom is 0.269 e. The molecule has 0 bridgehead atoms. The molecule has 3 rings (SSSR count). The normalized spacial score (nSPS) is 11.0. The average Bonchev–Trinajstić information content (AvgIpc) is 2.68. The quantitative estimate of drug-likeness (QED) is 0.257. The number of nitro groups is 1. The fraction of sp³-hybridized carbons (Fsp3) is 0.136. The Kier molecular flexibility index (Phi) is 6.21. The molecule has 28 heavy (non-hydrogen) atoms. The van der Waals surface area contributed by atoms with Crippen molar-refractivity contribution in [1.82, 2.24) is 0 Å². The summed E-state index contributed by atoms with van der Waals surface area (Å²) in [5.74, 6) is 0.690. The van der Waals surface area contributed by atoms with Gasteiger partial charge in [-0.2, -0.15) is 0 Å². The SMILES string of the molecule is Cc1ccc(C)c(N=Cc2cc(Br)ccc2OCc2ccc([N+](=O)[O-])cc2)c1. The van der Waals surface area contributed by atoms with Crippen LogP contribution < -0.4 is 4.74 Å². The highest BCUT2D eigenvalue weighted by Crippen LogP contribution is 2.25. The molecule has 6 heteroatoms. The van der Waals surface area contributed by atoms with Gasteiger partial charge in [-0.1, -0.05) is 28.1 Å². The predicted molar refractivity (Wildman–Crippen MR) is 115 cm³/mol. The van der Waals surface area contributed by atoms with E-state index in [2.05, 4.69) is 33.1 Å². The maximum absolute atomic E-state index is 10.8. The molecule has 0 aliphatic heterocycles. The molecule has 142 valence electrons. The number of aliphatic imine (C=N–C) groups is 1. The van der Waals surface area contributed by atoms with Crippen molar-refractivity contribution < 1.29 is 9.66 Å². The molecule has 0 aliphatic rings. The van der Waals surface area contributed by atoms with Crippen molar-refractivity contribution in [2.24, 2.45) is 4.99 Å². The molecular weight excluding hydrogens is 420 g/mol. The number of aryl methyl sites for hydroxylation is 2.